The van der Waals surface area contributed by atoms with E-state index in [-0.39, 0.29) is 23.8 Å². The third kappa shape index (κ3) is 7.47. The van der Waals surface area contributed by atoms with Crippen molar-refractivity contribution in [1.82, 2.24) is 5.32 Å². The fourth-order valence-electron chi connectivity index (χ4n) is 4.47. The molecule has 1 N–H and O–H groups in total. The minimum Gasteiger partial charge on any atom is -0.468 e. The molecule has 0 saturated heterocycles. The average Bonchev–Trinajstić information content (AvgIpc) is 2.85. The van der Waals surface area contributed by atoms with Gasteiger partial charge in [0.25, 0.3) is 5.69 Å². The van der Waals surface area contributed by atoms with Crippen molar-refractivity contribution < 1.29 is 28.8 Å². The fraction of sp³-hybridized carbons (Fsp3) is 0.556. The van der Waals surface area contributed by atoms with Gasteiger partial charge in [0.15, 0.2) is 0 Å². The van der Waals surface area contributed by atoms with E-state index in [9.17, 15) is 24.5 Å². The van der Waals surface area contributed by atoms with E-state index in [1.165, 1.54) is 25.3 Å². The minimum atomic E-state index is -0.973. The number of hydrogen-bond donors (Lipinski definition) is 1. The fourth-order valence-corrected chi connectivity index (χ4v) is 4.47. The van der Waals surface area contributed by atoms with Gasteiger partial charge >= 0.3 is 11.9 Å². The van der Waals surface area contributed by atoms with Crippen molar-refractivity contribution in [3.8, 4) is 0 Å². The van der Waals surface area contributed by atoms with Gasteiger partial charge in [-0.1, -0.05) is 52.2 Å². The number of nitro groups is 1. The van der Waals surface area contributed by atoms with Crippen LogP contribution in [0.4, 0.5) is 5.69 Å². The lowest BCUT2D eigenvalue weighted by Crippen LogP contribution is -2.48. The Kier molecular flexibility index (Phi) is 11.0. The van der Waals surface area contributed by atoms with E-state index in [1.807, 2.05) is 0 Å². The Morgan fingerprint density at radius 1 is 1.16 bits per heavy atom. The molecule has 0 radical (unpaired) electrons. The smallest absolute Gasteiger partial charge is 0.328 e. The lowest BCUT2D eigenvalue weighted by molar-refractivity contribution is -0.384. The second-order valence-electron chi connectivity index (χ2n) is 9.51. The van der Waals surface area contributed by atoms with Gasteiger partial charge in [-0.15, -0.1) is 0 Å². The van der Waals surface area contributed by atoms with Gasteiger partial charge in [0.1, 0.15) is 12.0 Å². The van der Waals surface area contributed by atoms with Crippen LogP contribution >= 0.6 is 0 Å². The largest absolute Gasteiger partial charge is 0.468 e. The van der Waals surface area contributed by atoms with Gasteiger partial charge in [0, 0.05) is 35.0 Å². The summed E-state index contributed by atoms with van der Waals surface area (Å²) in [6.07, 6.45) is 3.81. The number of ether oxygens (including phenoxy) is 2. The molecule has 0 aliphatic carbocycles. The molecule has 1 aromatic rings. The van der Waals surface area contributed by atoms with Gasteiger partial charge in [-0.2, -0.15) is 0 Å². The Bertz CT molecular complexity index is 1080. The maximum absolute atomic E-state index is 13.7. The normalized spacial score (nSPS) is 18.2. The monoisotopic (exact) mass is 515 g/mol. The Morgan fingerprint density at radius 3 is 2.46 bits per heavy atom. The highest BCUT2D eigenvalue weighted by Gasteiger charge is 2.43. The van der Waals surface area contributed by atoms with E-state index in [2.05, 4.69) is 17.2 Å². The number of esters is 2. The molecule has 37 heavy (non-hydrogen) atoms. The van der Waals surface area contributed by atoms with Crippen molar-refractivity contribution in [2.24, 2.45) is 16.8 Å². The van der Waals surface area contributed by atoms with E-state index in [0.717, 1.165) is 25.7 Å². The minimum absolute atomic E-state index is 0.142. The number of nitrogens with zero attached hydrogens (tertiary/aromatic N) is 2. The summed E-state index contributed by atoms with van der Waals surface area (Å²) in [6.45, 7) is 9.23. The highest BCUT2D eigenvalue weighted by molar-refractivity contribution is 6.08. The molecule has 3 atom stereocenters. The van der Waals surface area contributed by atoms with Crippen molar-refractivity contribution in [3.63, 3.8) is 0 Å². The Balaban J connectivity index is 2.44. The summed E-state index contributed by atoms with van der Waals surface area (Å²) in [7, 11) is 1.23. The first-order chi connectivity index (χ1) is 17.5. The molecule has 10 heteroatoms. The third-order valence-electron chi connectivity index (χ3n) is 6.42. The number of allylic oxidation sites excluding steroid dienone is 1. The molecule has 0 saturated carbocycles. The zero-order valence-electron chi connectivity index (χ0n) is 22.4. The molecule has 1 amide bonds. The quantitative estimate of drug-likeness (QED) is 0.187. The van der Waals surface area contributed by atoms with Gasteiger partial charge in [-0.3, -0.25) is 24.7 Å². The molecule has 3 unspecified atom stereocenters. The molecule has 0 bridgehead atoms. The molecule has 1 aromatic carbocycles. The second-order valence-corrected chi connectivity index (χ2v) is 9.51. The summed E-state index contributed by atoms with van der Waals surface area (Å²) in [4.78, 5) is 54.7. The summed E-state index contributed by atoms with van der Waals surface area (Å²) in [5.41, 5.74) is 1.13. The van der Waals surface area contributed by atoms with Crippen LogP contribution in [-0.2, 0) is 23.9 Å². The predicted molar refractivity (Wildman–Crippen MR) is 139 cm³/mol. The van der Waals surface area contributed by atoms with Crippen LogP contribution in [0.3, 0.4) is 0 Å². The Morgan fingerprint density at radius 2 is 1.86 bits per heavy atom. The van der Waals surface area contributed by atoms with Gasteiger partial charge in [0.2, 0.25) is 5.91 Å². The Labute approximate surface area is 217 Å². The highest BCUT2D eigenvalue weighted by Crippen LogP contribution is 2.40. The average molecular weight is 516 g/mol. The summed E-state index contributed by atoms with van der Waals surface area (Å²) in [5, 5.41) is 14.2. The number of amides is 1. The van der Waals surface area contributed by atoms with E-state index >= 15 is 0 Å². The number of carbonyl (C=O) groups is 3. The topological polar surface area (TPSA) is 137 Å². The lowest BCUT2D eigenvalue weighted by Gasteiger charge is -2.32. The number of carbonyl (C=O) groups excluding carboxylic acids is 3. The van der Waals surface area contributed by atoms with Crippen LogP contribution in [0.25, 0.3) is 0 Å². The maximum Gasteiger partial charge on any atom is 0.328 e. The molecular formula is C27H37N3O7. The molecule has 1 heterocycles. The number of unbranched alkanes of at least 4 members (excludes halogenated alkanes) is 3. The van der Waals surface area contributed by atoms with Crippen molar-refractivity contribution >= 4 is 29.2 Å². The van der Waals surface area contributed by atoms with Crippen molar-refractivity contribution in [3.05, 3.63) is 51.2 Å². The second kappa shape index (κ2) is 13.7. The number of methoxy groups -OCH3 is 1. The summed E-state index contributed by atoms with van der Waals surface area (Å²) in [5.74, 6) is -3.90. The van der Waals surface area contributed by atoms with Crippen LogP contribution in [0.1, 0.15) is 71.8 Å². The van der Waals surface area contributed by atoms with Crippen LogP contribution in [-0.4, -0.2) is 48.2 Å². The molecule has 0 aromatic heterocycles. The van der Waals surface area contributed by atoms with E-state index < -0.39 is 40.6 Å². The number of nitrogens with one attached hydrogen (secondary N) is 1. The standard InChI is InChI=1S/C27H37N3O7/c1-7-8-9-10-14-37-27(33)24(16(2)3)29-25(31)21-17(4)28-18(5)22(26(32)36-6)23(21)19-12-11-13-20(15-19)30(34)35/h11-13,15-16,22-24H,7-10,14H2,1-6H3,(H,29,31). The van der Waals surface area contributed by atoms with Crippen LogP contribution in [0.2, 0.25) is 0 Å². The maximum atomic E-state index is 13.7. The summed E-state index contributed by atoms with van der Waals surface area (Å²) < 4.78 is 10.4. The molecule has 1 aliphatic heterocycles. The lowest BCUT2D eigenvalue weighted by atomic mass is 9.75. The number of non-ortho nitro benzene ring substituents is 1. The molecule has 1 aliphatic rings. The van der Waals surface area contributed by atoms with Gasteiger partial charge in [-0.05, 0) is 31.7 Å². The molecule has 0 spiro atoms. The van der Waals surface area contributed by atoms with E-state index in [1.54, 1.807) is 33.8 Å². The molecule has 0 fully saturated rings. The van der Waals surface area contributed by atoms with Crippen LogP contribution in [0, 0.1) is 22.0 Å². The first-order valence-corrected chi connectivity index (χ1v) is 12.6. The Hall–Kier alpha value is -3.56. The number of aliphatic imine (C=N–C) groups is 1. The van der Waals surface area contributed by atoms with Gasteiger partial charge < -0.3 is 14.8 Å². The SMILES string of the molecule is CCCCCCOC(=O)C(NC(=O)C1=C(C)N=C(C)C(C(=O)OC)C1c1cccc([N+](=O)[O-])c1)C(C)C. The van der Waals surface area contributed by atoms with Gasteiger partial charge in [-0.25, -0.2) is 4.79 Å². The van der Waals surface area contributed by atoms with E-state index in [4.69, 9.17) is 9.47 Å². The zero-order valence-corrected chi connectivity index (χ0v) is 22.4. The van der Waals surface area contributed by atoms with Crippen LogP contribution in [0.5, 0.6) is 0 Å². The number of benzene rings is 1. The highest BCUT2D eigenvalue weighted by atomic mass is 16.6. The first kappa shape index (κ1) is 29.7. The zero-order chi connectivity index (χ0) is 27.7. The number of hydrogen-bond acceptors (Lipinski definition) is 8. The van der Waals surface area contributed by atoms with Crippen molar-refractivity contribution in [1.29, 1.82) is 0 Å². The van der Waals surface area contributed by atoms with Crippen molar-refractivity contribution in [2.75, 3.05) is 13.7 Å². The molecular weight excluding hydrogens is 478 g/mol. The van der Waals surface area contributed by atoms with Gasteiger partial charge in [0.05, 0.1) is 18.6 Å². The first-order valence-electron chi connectivity index (χ1n) is 12.6. The third-order valence-corrected chi connectivity index (χ3v) is 6.42. The van der Waals surface area contributed by atoms with Crippen molar-refractivity contribution in [2.45, 2.75) is 72.3 Å². The molecule has 202 valence electrons. The van der Waals surface area contributed by atoms with E-state index in [0.29, 0.717) is 17.0 Å². The van der Waals surface area contributed by atoms with Crippen LogP contribution < -0.4 is 5.32 Å². The predicted octanol–water partition coefficient (Wildman–Crippen LogP) is 4.48. The molecule has 2 rings (SSSR count). The van der Waals surface area contributed by atoms with Crippen LogP contribution in [0.15, 0.2) is 40.5 Å². The summed E-state index contributed by atoms with van der Waals surface area (Å²) >= 11 is 0. The summed E-state index contributed by atoms with van der Waals surface area (Å²) in [6, 6.07) is 4.87. The number of nitro benzene ring substituents is 1. The number of rotatable bonds is 12. The molecule has 10 nitrogen and oxygen atoms in total.